The summed E-state index contributed by atoms with van der Waals surface area (Å²) in [5.41, 5.74) is 0.228. The van der Waals surface area contributed by atoms with Gasteiger partial charge in [-0.2, -0.15) is 0 Å². The minimum Gasteiger partial charge on any atom is -0.494 e. The molecular weight excluding hydrogens is 245 g/mol. The topological polar surface area (TPSA) is 39.2 Å². The number of halogens is 1. The van der Waals surface area contributed by atoms with Crippen molar-refractivity contribution in [3.05, 3.63) is 59.7 Å². The third-order valence-corrected chi connectivity index (χ3v) is 2.56. The van der Waals surface area contributed by atoms with E-state index in [1.165, 1.54) is 18.3 Å². The number of rotatable bonds is 5. The highest BCUT2D eigenvalue weighted by Gasteiger charge is 2.14. The number of ketones is 1. The number of pyridine rings is 1. The van der Waals surface area contributed by atoms with E-state index in [9.17, 15) is 9.18 Å². The zero-order valence-electron chi connectivity index (χ0n) is 10.6. The molecule has 0 aliphatic heterocycles. The van der Waals surface area contributed by atoms with Crippen molar-refractivity contribution in [2.45, 2.75) is 13.3 Å². The molecule has 0 atom stereocenters. The van der Waals surface area contributed by atoms with Crippen LogP contribution in [0.1, 0.15) is 29.4 Å². The Labute approximate surface area is 111 Å². The van der Waals surface area contributed by atoms with Crippen LogP contribution in [0.2, 0.25) is 0 Å². The number of hydrogen-bond acceptors (Lipinski definition) is 3. The molecule has 0 fully saturated rings. The molecule has 0 bridgehead atoms. The molecule has 0 aliphatic carbocycles. The Kier molecular flexibility index (Phi) is 4.23. The number of nitrogens with zero attached hydrogens (tertiary/aromatic N) is 1. The molecule has 0 spiro atoms. The van der Waals surface area contributed by atoms with E-state index in [1.54, 1.807) is 24.3 Å². The second-order valence-electron chi connectivity index (χ2n) is 4.04. The second-order valence-corrected chi connectivity index (χ2v) is 4.04. The fraction of sp³-hybridized carbons (Fsp3) is 0.200. The third kappa shape index (κ3) is 3.16. The van der Waals surface area contributed by atoms with Crippen LogP contribution in [-0.4, -0.2) is 17.4 Å². The summed E-state index contributed by atoms with van der Waals surface area (Å²) in [4.78, 5) is 15.8. The van der Waals surface area contributed by atoms with E-state index in [0.717, 1.165) is 6.42 Å². The fourth-order valence-corrected chi connectivity index (χ4v) is 1.61. The van der Waals surface area contributed by atoms with Crippen LogP contribution in [-0.2, 0) is 0 Å². The first-order chi connectivity index (χ1) is 9.22. The molecule has 4 heteroatoms. The lowest BCUT2D eigenvalue weighted by Gasteiger charge is -2.05. The van der Waals surface area contributed by atoms with Crippen molar-refractivity contribution in [1.82, 2.24) is 4.98 Å². The highest BCUT2D eigenvalue weighted by atomic mass is 19.1. The van der Waals surface area contributed by atoms with Crippen LogP contribution in [0, 0.1) is 5.82 Å². The Morgan fingerprint density at radius 1 is 1.26 bits per heavy atom. The normalized spacial score (nSPS) is 10.2. The van der Waals surface area contributed by atoms with Crippen molar-refractivity contribution in [2.24, 2.45) is 0 Å². The Hall–Kier alpha value is -2.23. The highest BCUT2D eigenvalue weighted by molar-refractivity contribution is 6.07. The summed E-state index contributed by atoms with van der Waals surface area (Å²) >= 11 is 0. The predicted octanol–water partition coefficient (Wildman–Crippen LogP) is 3.24. The first-order valence-electron chi connectivity index (χ1n) is 6.10. The maximum Gasteiger partial charge on any atom is 0.214 e. The summed E-state index contributed by atoms with van der Waals surface area (Å²) in [5.74, 6) is -0.348. The van der Waals surface area contributed by atoms with Gasteiger partial charge in [0.15, 0.2) is 5.82 Å². The van der Waals surface area contributed by atoms with Crippen molar-refractivity contribution in [3.8, 4) is 5.75 Å². The molecule has 2 aromatic rings. The van der Waals surface area contributed by atoms with Crippen molar-refractivity contribution >= 4 is 5.78 Å². The maximum atomic E-state index is 13.5. The molecule has 19 heavy (non-hydrogen) atoms. The van der Waals surface area contributed by atoms with Crippen LogP contribution < -0.4 is 4.74 Å². The van der Waals surface area contributed by atoms with Crippen molar-refractivity contribution in [2.75, 3.05) is 6.61 Å². The van der Waals surface area contributed by atoms with Crippen LogP contribution in [0.3, 0.4) is 0 Å². The van der Waals surface area contributed by atoms with Gasteiger partial charge in [-0.05, 0) is 42.8 Å². The molecule has 0 saturated heterocycles. The summed E-state index contributed by atoms with van der Waals surface area (Å²) in [5, 5.41) is 0. The van der Waals surface area contributed by atoms with E-state index in [2.05, 4.69) is 4.98 Å². The van der Waals surface area contributed by atoms with E-state index in [-0.39, 0.29) is 5.69 Å². The zero-order valence-corrected chi connectivity index (χ0v) is 10.6. The molecule has 3 nitrogen and oxygen atoms in total. The zero-order chi connectivity index (χ0) is 13.7. The van der Waals surface area contributed by atoms with Gasteiger partial charge >= 0.3 is 0 Å². The van der Waals surface area contributed by atoms with Crippen LogP contribution >= 0.6 is 0 Å². The number of aromatic nitrogens is 1. The molecule has 0 saturated carbocycles. The number of hydrogen-bond donors (Lipinski definition) is 0. The maximum absolute atomic E-state index is 13.5. The van der Waals surface area contributed by atoms with E-state index < -0.39 is 11.6 Å². The number of benzene rings is 1. The first kappa shape index (κ1) is 13.2. The van der Waals surface area contributed by atoms with Crippen LogP contribution in [0.25, 0.3) is 0 Å². The summed E-state index contributed by atoms with van der Waals surface area (Å²) in [7, 11) is 0. The minimum atomic E-state index is -0.612. The van der Waals surface area contributed by atoms with Crippen LogP contribution in [0.5, 0.6) is 5.75 Å². The van der Waals surface area contributed by atoms with Gasteiger partial charge in [-0.25, -0.2) is 9.37 Å². The lowest BCUT2D eigenvalue weighted by molar-refractivity contribution is 0.103. The average Bonchev–Trinajstić information content (AvgIpc) is 2.45. The smallest absolute Gasteiger partial charge is 0.214 e. The first-order valence-corrected chi connectivity index (χ1v) is 6.10. The molecule has 1 heterocycles. The van der Waals surface area contributed by atoms with Crippen LogP contribution in [0.4, 0.5) is 4.39 Å². The molecule has 1 aromatic heterocycles. The van der Waals surface area contributed by atoms with Crippen molar-refractivity contribution in [1.29, 1.82) is 0 Å². The molecule has 2 rings (SSSR count). The monoisotopic (exact) mass is 259 g/mol. The summed E-state index contributed by atoms with van der Waals surface area (Å²) in [6, 6.07) is 9.29. The van der Waals surface area contributed by atoms with Crippen LogP contribution in [0.15, 0.2) is 42.6 Å². The lowest BCUT2D eigenvalue weighted by atomic mass is 10.1. The van der Waals surface area contributed by atoms with Gasteiger partial charge in [-0.1, -0.05) is 6.92 Å². The Morgan fingerprint density at radius 3 is 2.63 bits per heavy atom. The molecule has 1 aromatic carbocycles. The minimum absolute atomic E-state index is 0.162. The SMILES string of the molecule is CCCOc1ccc(C(=O)c2ncccc2F)cc1. The van der Waals surface area contributed by atoms with Gasteiger partial charge in [0.05, 0.1) is 6.61 Å². The molecule has 0 amide bonds. The number of carbonyl (C=O) groups is 1. The third-order valence-electron chi connectivity index (χ3n) is 2.56. The van der Waals surface area contributed by atoms with Gasteiger partial charge < -0.3 is 4.74 Å². The van der Waals surface area contributed by atoms with Crippen molar-refractivity contribution in [3.63, 3.8) is 0 Å². The molecule has 98 valence electrons. The molecule has 0 aliphatic rings. The number of ether oxygens (including phenoxy) is 1. The molecule has 0 radical (unpaired) electrons. The van der Waals surface area contributed by atoms with Gasteiger partial charge in [0.2, 0.25) is 5.78 Å². The average molecular weight is 259 g/mol. The molecule has 0 unspecified atom stereocenters. The molecule has 0 N–H and O–H groups in total. The summed E-state index contributed by atoms with van der Waals surface area (Å²) < 4.78 is 18.9. The second kappa shape index (κ2) is 6.09. The van der Waals surface area contributed by atoms with Crippen molar-refractivity contribution < 1.29 is 13.9 Å². The van der Waals surface area contributed by atoms with Gasteiger partial charge in [0.1, 0.15) is 11.4 Å². The Bertz CT molecular complexity index is 567. The fourth-order valence-electron chi connectivity index (χ4n) is 1.61. The highest BCUT2D eigenvalue weighted by Crippen LogP contribution is 2.16. The Balaban J connectivity index is 2.18. The number of carbonyl (C=O) groups excluding carboxylic acids is 1. The predicted molar refractivity (Wildman–Crippen MR) is 69.9 cm³/mol. The van der Waals surface area contributed by atoms with Gasteiger partial charge in [0.25, 0.3) is 0 Å². The van der Waals surface area contributed by atoms with E-state index in [0.29, 0.717) is 17.9 Å². The largest absolute Gasteiger partial charge is 0.494 e. The summed E-state index contributed by atoms with van der Waals surface area (Å²) in [6.45, 7) is 2.64. The van der Waals surface area contributed by atoms with E-state index in [1.807, 2.05) is 6.92 Å². The lowest BCUT2D eigenvalue weighted by Crippen LogP contribution is -2.06. The standard InChI is InChI=1S/C15H14FNO2/c1-2-10-19-12-7-5-11(6-8-12)15(18)14-13(16)4-3-9-17-14/h3-9H,2,10H2,1H3. The van der Waals surface area contributed by atoms with Gasteiger partial charge in [-0.3, -0.25) is 4.79 Å². The van der Waals surface area contributed by atoms with Gasteiger partial charge in [-0.15, -0.1) is 0 Å². The Morgan fingerprint density at radius 2 is 2.00 bits per heavy atom. The summed E-state index contributed by atoms with van der Waals surface area (Å²) in [6.07, 6.45) is 2.31. The molecular formula is C15H14FNO2. The van der Waals surface area contributed by atoms with E-state index in [4.69, 9.17) is 4.74 Å². The van der Waals surface area contributed by atoms with E-state index >= 15 is 0 Å². The van der Waals surface area contributed by atoms with Gasteiger partial charge in [0, 0.05) is 11.8 Å². The quantitative estimate of drug-likeness (QED) is 0.774.